The van der Waals surface area contributed by atoms with Gasteiger partial charge in [-0.2, -0.15) is 5.26 Å². The average molecular weight is 275 g/mol. The second-order valence-corrected chi connectivity index (χ2v) is 3.81. The first-order chi connectivity index (χ1) is 5.16. The molecule has 1 rings (SSSR count). The van der Waals surface area contributed by atoms with Crippen molar-refractivity contribution in [2.24, 2.45) is 0 Å². The third kappa shape index (κ3) is 1.68. The summed E-state index contributed by atoms with van der Waals surface area (Å²) in [5, 5.41) is 8.72. The van der Waals surface area contributed by atoms with Crippen molar-refractivity contribution in [3.05, 3.63) is 26.8 Å². The van der Waals surface area contributed by atoms with E-state index in [2.05, 4.69) is 41.3 Å². The Bertz CT molecular complexity index is 328. The first kappa shape index (κ1) is 8.88. The van der Waals surface area contributed by atoms with Gasteiger partial charge in [-0.3, -0.25) is 0 Å². The standard InChI is InChI=1S/C8H6INS/c1-5-2-3-7(9)8(11)6(5)4-10/h2-3,11H,1H3. The summed E-state index contributed by atoms with van der Waals surface area (Å²) in [7, 11) is 0. The van der Waals surface area contributed by atoms with Crippen LogP contribution in [0.1, 0.15) is 11.1 Å². The van der Waals surface area contributed by atoms with E-state index in [9.17, 15) is 0 Å². The Morgan fingerprint density at radius 2 is 2.18 bits per heavy atom. The SMILES string of the molecule is Cc1ccc(I)c(S)c1C#N. The van der Waals surface area contributed by atoms with Gasteiger partial charge < -0.3 is 0 Å². The molecule has 3 heteroatoms. The highest BCUT2D eigenvalue weighted by Crippen LogP contribution is 2.22. The molecule has 0 unspecified atom stereocenters. The highest BCUT2D eigenvalue weighted by molar-refractivity contribution is 14.1. The van der Waals surface area contributed by atoms with Crippen LogP contribution >= 0.6 is 35.2 Å². The molecule has 0 spiro atoms. The van der Waals surface area contributed by atoms with Gasteiger partial charge in [-0.1, -0.05) is 6.07 Å². The minimum absolute atomic E-state index is 0.681. The van der Waals surface area contributed by atoms with Crippen molar-refractivity contribution in [1.82, 2.24) is 0 Å². The second kappa shape index (κ2) is 3.46. The van der Waals surface area contributed by atoms with Crippen LogP contribution in [-0.2, 0) is 0 Å². The Kier molecular flexibility index (Phi) is 2.79. The Morgan fingerprint density at radius 3 is 2.64 bits per heavy atom. The summed E-state index contributed by atoms with van der Waals surface area (Å²) >= 11 is 6.39. The maximum atomic E-state index is 8.72. The molecule has 0 saturated carbocycles. The molecule has 1 aromatic rings. The van der Waals surface area contributed by atoms with Crippen molar-refractivity contribution in [2.75, 3.05) is 0 Å². The van der Waals surface area contributed by atoms with E-state index < -0.39 is 0 Å². The number of aryl methyl sites for hydroxylation is 1. The largest absolute Gasteiger partial charge is 0.192 e. The number of rotatable bonds is 0. The lowest BCUT2D eigenvalue weighted by molar-refractivity contribution is 1.27. The molecule has 0 aliphatic carbocycles. The van der Waals surface area contributed by atoms with Crippen molar-refractivity contribution in [2.45, 2.75) is 11.8 Å². The highest BCUT2D eigenvalue weighted by atomic mass is 127. The Morgan fingerprint density at radius 1 is 1.55 bits per heavy atom. The predicted molar refractivity (Wildman–Crippen MR) is 55.9 cm³/mol. The minimum Gasteiger partial charge on any atom is -0.192 e. The summed E-state index contributed by atoms with van der Waals surface area (Å²) in [6.45, 7) is 1.91. The van der Waals surface area contributed by atoms with Crippen molar-refractivity contribution in [3.8, 4) is 6.07 Å². The Hall–Kier alpha value is -0.210. The molecule has 0 N–H and O–H groups in total. The zero-order valence-electron chi connectivity index (χ0n) is 5.93. The lowest BCUT2D eigenvalue weighted by Crippen LogP contribution is -1.86. The van der Waals surface area contributed by atoms with Crippen LogP contribution in [0.4, 0.5) is 0 Å². The molecule has 0 aliphatic rings. The van der Waals surface area contributed by atoms with Crippen LogP contribution in [0.2, 0.25) is 0 Å². The summed E-state index contributed by atoms with van der Waals surface area (Å²) in [6, 6.07) is 6.01. The number of hydrogen-bond donors (Lipinski definition) is 1. The topological polar surface area (TPSA) is 23.8 Å². The van der Waals surface area contributed by atoms with Crippen LogP contribution in [0.5, 0.6) is 0 Å². The summed E-state index contributed by atoms with van der Waals surface area (Å²) in [6.07, 6.45) is 0. The average Bonchev–Trinajstić information content (AvgIpc) is 1.99. The van der Waals surface area contributed by atoms with Gasteiger partial charge in [-0.05, 0) is 41.1 Å². The lowest BCUT2D eigenvalue weighted by atomic mass is 10.1. The normalized spacial score (nSPS) is 9.27. The van der Waals surface area contributed by atoms with Gasteiger partial charge in [0.2, 0.25) is 0 Å². The maximum absolute atomic E-state index is 8.72. The van der Waals surface area contributed by atoms with Crippen LogP contribution < -0.4 is 0 Å². The van der Waals surface area contributed by atoms with Gasteiger partial charge in [-0.25, -0.2) is 0 Å². The fraction of sp³-hybridized carbons (Fsp3) is 0.125. The monoisotopic (exact) mass is 275 g/mol. The molecule has 0 saturated heterocycles. The molecule has 56 valence electrons. The van der Waals surface area contributed by atoms with Crippen molar-refractivity contribution < 1.29 is 0 Å². The molecule has 0 heterocycles. The Labute approximate surface area is 85.0 Å². The van der Waals surface area contributed by atoms with Crippen LogP contribution in [0.25, 0.3) is 0 Å². The number of halogens is 1. The molecule has 11 heavy (non-hydrogen) atoms. The van der Waals surface area contributed by atoms with Crippen LogP contribution in [0.3, 0.4) is 0 Å². The van der Waals surface area contributed by atoms with Gasteiger partial charge >= 0.3 is 0 Å². The molecule has 0 amide bonds. The van der Waals surface area contributed by atoms with E-state index in [0.717, 1.165) is 14.0 Å². The van der Waals surface area contributed by atoms with Gasteiger partial charge in [0.15, 0.2) is 0 Å². The number of hydrogen-bond acceptors (Lipinski definition) is 2. The summed E-state index contributed by atoms with van der Waals surface area (Å²) in [5.74, 6) is 0. The van der Waals surface area contributed by atoms with E-state index in [1.54, 1.807) is 0 Å². The van der Waals surface area contributed by atoms with E-state index in [4.69, 9.17) is 5.26 Å². The maximum Gasteiger partial charge on any atom is 0.101 e. The van der Waals surface area contributed by atoms with E-state index in [0.29, 0.717) is 5.56 Å². The number of nitrogens with zero attached hydrogens (tertiary/aromatic N) is 1. The molecule has 0 radical (unpaired) electrons. The lowest BCUT2D eigenvalue weighted by Gasteiger charge is -2.01. The molecule has 1 aromatic carbocycles. The molecule has 0 bridgehead atoms. The molecular weight excluding hydrogens is 269 g/mol. The number of benzene rings is 1. The Balaban J connectivity index is 3.44. The molecule has 0 aromatic heterocycles. The van der Waals surface area contributed by atoms with Gasteiger partial charge in [-0.15, -0.1) is 12.6 Å². The third-order valence-corrected chi connectivity index (χ3v) is 3.24. The van der Waals surface area contributed by atoms with E-state index in [1.807, 2.05) is 19.1 Å². The minimum atomic E-state index is 0.681. The molecule has 0 aliphatic heterocycles. The fourth-order valence-corrected chi connectivity index (χ4v) is 1.56. The molecule has 0 atom stereocenters. The molecule has 1 nitrogen and oxygen atoms in total. The van der Waals surface area contributed by atoms with E-state index in [1.165, 1.54) is 0 Å². The molecular formula is C8H6INS. The zero-order valence-corrected chi connectivity index (χ0v) is 8.98. The zero-order chi connectivity index (χ0) is 8.43. The molecule has 0 fully saturated rings. The summed E-state index contributed by atoms with van der Waals surface area (Å²) in [4.78, 5) is 0.785. The van der Waals surface area contributed by atoms with Gasteiger partial charge in [0.25, 0.3) is 0 Å². The van der Waals surface area contributed by atoms with Crippen molar-refractivity contribution in [3.63, 3.8) is 0 Å². The third-order valence-electron chi connectivity index (χ3n) is 1.45. The summed E-state index contributed by atoms with van der Waals surface area (Å²) in [5.41, 5.74) is 1.66. The first-order valence-corrected chi connectivity index (χ1v) is 4.57. The first-order valence-electron chi connectivity index (χ1n) is 3.05. The summed E-state index contributed by atoms with van der Waals surface area (Å²) < 4.78 is 1.02. The van der Waals surface area contributed by atoms with Crippen LogP contribution in [-0.4, -0.2) is 0 Å². The van der Waals surface area contributed by atoms with E-state index >= 15 is 0 Å². The van der Waals surface area contributed by atoms with Gasteiger partial charge in [0.1, 0.15) is 6.07 Å². The van der Waals surface area contributed by atoms with Gasteiger partial charge in [0.05, 0.1) is 5.56 Å². The smallest absolute Gasteiger partial charge is 0.101 e. The van der Waals surface area contributed by atoms with Crippen LogP contribution in [0.15, 0.2) is 17.0 Å². The van der Waals surface area contributed by atoms with Crippen molar-refractivity contribution in [1.29, 1.82) is 5.26 Å². The number of nitriles is 1. The number of thiol groups is 1. The van der Waals surface area contributed by atoms with Gasteiger partial charge in [0, 0.05) is 8.47 Å². The second-order valence-electron chi connectivity index (χ2n) is 2.20. The van der Waals surface area contributed by atoms with Crippen molar-refractivity contribution >= 4 is 35.2 Å². The fourth-order valence-electron chi connectivity index (χ4n) is 0.808. The highest BCUT2D eigenvalue weighted by Gasteiger charge is 2.04. The quantitative estimate of drug-likeness (QED) is 0.571. The predicted octanol–water partition coefficient (Wildman–Crippen LogP) is 2.76. The van der Waals surface area contributed by atoms with E-state index in [-0.39, 0.29) is 0 Å². The van der Waals surface area contributed by atoms with Crippen LogP contribution in [0, 0.1) is 21.8 Å².